The SMILES string of the molecule is CNc1nc2ccc3c(c2s1)C1(C)CC2(C3=O)C(CC3CC3)C2C1C. The van der Waals surface area contributed by atoms with Crippen LogP contribution >= 0.6 is 11.3 Å². The van der Waals surface area contributed by atoms with Crippen LogP contribution in [-0.4, -0.2) is 17.8 Å². The molecule has 4 aliphatic rings. The van der Waals surface area contributed by atoms with E-state index in [-0.39, 0.29) is 10.8 Å². The Hall–Kier alpha value is -1.42. The number of anilines is 1. The van der Waals surface area contributed by atoms with Gasteiger partial charge in [-0.25, -0.2) is 4.98 Å². The molecule has 6 rings (SSSR count). The zero-order valence-electron chi connectivity index (χ0n) is 15.1. The van der Waals surface area contributed by atoms with Gasteiger partial charge in [0.25, 0.3) is 0 Å². The smallest absolute Gasteiger partial charge is 0.183 e. The van der Waals surface area contributed by atoms with Crippen molar-refractivity contribution in [1.82, 2.24) is 4.98 Å². The standard InChI is InChI=1S/C21H24N2OS/c1-10-15-13(8-11-4-5-11)21(15)9-20(10,2)16-12(18(21)24)6-7-14-17(16)25-19(22-3)23-14/h6-7,10-11,13,15H,4-5,8-9H2,1-3H3,(H,22,23). The van der Waals surface area contributed by atoms with Crippen LogP contribution in [0.5, 0.6) is 0 Å². The molecule has 2 bridgehead atoms. The van der Waals surface area contributed by atoms with Crippen molar-refractivity contribution in [2.24, 2.45) is 29.1 Å². The minimum Gasteiger partial charge on any atom is -0.365 e. The van der Waals surface area contributed by atoms with E-state index < -0.39 is 0 Å². The number of hydrogen-bond acceptors (Lipinski definition) is 4. The summed E-state index contributed by atoms with van der Waals surface area (Å²) in [6.07, 6.45) is 5.16. The van der Waals surface area contributed by atoms with E-state index in [0.717, 1.165) is 28.6 Å². The van der Waals surface area contributed by atoms with Crippen LogP contribution in [0.2, 0.25) is 0 Å². The minimum absolute atomic E-state index is 0.0199. The number of carbonyl (C=O) groups is 1. The first-order valence-electron chi connectivity index (χ1n) is 9.67. The molecule has 4 heteroatoms. The van der Waals surface area contributed by atoms with Gasteiger partial charge >= 0.3 is 0 Å². The molecule has 2 aromatic rings. The second-order valence-electron chi connectivity index (χ2n) is 9.17. The summed E-state index contributed by atoms with van der Waals surface area (Å²) < 4.78 is 1.24. The number of rotatable bonds is 3. The van der Waals surface area contributed by atoms with Gasteiger partial charge in [-0.1, -0.05) is 38.0 Å². The van der Waals surface area contributed by atoms with Crippen molar-refractivity contribution < 1.29 is 4.79 Å². The highest BCUT2D eigenvalue weighted by Crippen LogP contribution is 2.81. The first-order chi connectivity index (χ1) is 12.0. The maximum Gasteiger partial charge on any atom is 0.183 e. The second-order valence-corrected chi connectivity index (χ2v) is 10.2. The van der Waals surface area contributed by atoms with Crippen LogP contribution in [0.1, 0.15) is 55.5 Å². The molecule has 25 heavy (non-hydrogen) atoms. The lowest BCUT2D eigenvalue weighted by molar-refractivity contribution is 0.0844. The molecule has 1 aromatic heterocycles. The molecule has 0 radical (unpaired) electrons. The average molecular weight is 353 g/mol. The van der Waals surface area contributed by atoms with E-state index in [4.69, 9.17) is 4.98 Å². The number of aromatic nitrogens is 1. The van der Waals surface area contributed by atoms with Crippen LogP contribution in [0, 0.1) is 29.1 Å². The second kappa shape index (κ2) is 4.28. The third-order valence-corrected chi connectivity index (χ3v) is 9.18. The molecule has 130 valence electrons. The maximum absolute atomic E-state index is 13.6. The molecule has 0 amide bonds. The Morgan fingerprint density at radius 3 is 2.88 bits per heavy atom. The molecule has 1 heterocycles. The molecule has 3 fully saturated rings. The van der Waals surface area contributed by atoms with Gasteiger partial charge < -0.3 is 5.32 Å². The van der Waals surface area contributed by atoms with Crippen molar-refractivity contribution >= 4 is 32.5 Å². The van der Waals surface area contributed by atoms with Crippen molar-refractivity contribution in [3.63, 3.8) is 0 Å². The van der Waals surface area contributed by atoms with Crippen LogP contribution in [-0.2, 0) is 5.41 Å². The van der Waals surface area contributed by atoms with Crippen molar-refractivity contribution in [2.45, 2.75) is 44.9 Å². The summed E-state index contributed by atoms with van der Waals surface area (Å²) in [5.74, 6) is 3.24. The fourth-order valence-electron chi connectivity index (χ4n) is 6.65. The highest BCUT2D eigenvalue weighted by molar-refractivity contribution is 7.22. The van der Waals surface area contributed by atoms with Crippen LogP contribution < -0.4 is 5.32 Å². The van der Waals surface area contributed by atoms with E-state index in [2.05, 4.69) is 31.3 Å². The summed E-state index contributed by atoms with van der Waals surface area (Å²) in [6, 6.07) is 4.14. The number of thiazole rings is 1. The lowest BCUT2D eigenvalue weighted by Crippen LogP contribution is -2.38. The fourth-order valence-corrected chi connectivity index (χ4v) is 7.75. The van der Waals surface area contributed by atoms with E-state index in [9.17, 15) is 4.79 Å². The van der Waals surface area contributed by atoms with Crippen LogP contribution in [0.4, 0.5) is 5.13 Å². The highest BCUT2D eigenvalue weighted by Gasteiger charge is 2.80. The molecule has 3 saturated carbocycles. The topological polar surface area (TPSA) is 42.0 Å². The summed E-state index contributed by atoms with van der Waals surface area (Å²) in [7, 11) is 1.92. The molecule has 0 saturated heterocycles. The van der Waals surface area contributed by atoms with E-state index in [1.807, 2.05) is 7.05 Å². The van der Waals surface area contributed by atoms with Crippen LogP contribution in [0.15, 0.2) is 12.1 Å². The maximum atomic E-state index is 13.6. The van der Waals surface area contributed by atoms with Crippen molar-refractivity contribution in [3.05, 3.63) is 23.3 Å². The summed E-state index contributed by atoms with van der Waals surface area (Å²) in [6.45, 7) is 4.84. The Kier molecular flexibility index (Phi) is 2.52. The van der Waals surface area contributed by atoms with Gasteiger partial charge in [0.1, 0.15) is 0 Å². The van der Waals surface area contributed by atoms with Gasteiger partial charge in [-0.05, 0) is 59.6 Å². The Bertz CT molecular complexity index is 945. The summed E-state index contributed by atoms with van der Waals surface area (Å²) in [4.78, 5) is 18.3. The molecular weight excluding hydrogens is 328 g/mol. The van der Waals surface area contributed by atoms with Gasteiger partial charge in [0.05, 0.1) is 10.2 Å². The van der Waals surface area contributed by atoms with Crippen molar-refractivity contribution in [2.75, 3.05) is 12.4 Å². The largest absolute Gasteiger partial charge is 0.365 e. The molecule has 5 unspecified atom stereocenters. The number of nitrogens with one attached hydrogen (secondary N) is 1. The van der Waals surface area contributed by atoms with Crippen molar-refractivity contribution in [3.8, 4) is 0 Å². The summed E-state index contributed by atoms with van der Waals surface area (Å²) in [5.41, 5.74) is 3.48. The minimum atomic E-state index is -0.0199. The Labute approximate surface area is 152 Å². The van der Waals surface area contributed by atoms with E-state index in [1.54, 1.807) is 11.3 Å². The number of benzene rings is 1. The third-order valence-electron chi connectivity index (χ3n) is 8.08. The lowest BCUT2D eigenvalue weighted by Gasteiger charge is -2.40. The highest BCUT2D eigenvalue weighted by atomic mass is 32.1. The van der Waals surface area contributed by atoms with Crippen LogP contribution in [0.3, 0.4) is 0 Å². The zero-order valence-corrected chi connectivity index (χ0v) is 15.9. The third kappa shape index (κ3) is 1.55. The summed E-state index contributed by atoms with van der Waals surface area (Å²) in [5, 5.41) is 4.12. The van der Waals surface area contributed by atoms with Gasteiger partial charge in [-0.15, -0.1) is 0 Å². The molecule has 0 aliphatic heterocycles. The normalized spacial score (nSPS) is 40.9. The van der Waals surface area contributed by atoms with Gasteiger partial charge in [0.2, 0.25) is 0 Å². The first-order valence-corrected chi connectivity index (χ1v) is 10.5. The van der Waals surface area contributed by atoms with Gasteiger partial charge in [-0.2, -0.15) is 0 Å². The Balaban J connectivity index is 1.56. The van der Waals surface area contributed by atoms with Crippen LogP contribution in [0.25, 0.3) is 10.2 Å². The predicted octanol–water partition coefficient (Wildman–Crippen LogP) is 4.86. The Morgan fingerprint density at radius 1 is 1.36 bits per heavy atom. The molecular formula is C21H24N2OS. The predicted molar refractivity (Wildman–Crippen MR) is 101 cm³/mol. The molecule has 5 atom stereocenters. The zero-order chi connectivity index (χ0) is 17.1. The number of nitrogens with zero attached hydrogens (tertiary/aromatic N) is 1. The molecule has 4 aliphatic carbocycles. The van der Waals surface area contributed by atoms with Gasteiger partial charge in [-0.3, -0.25) is 4.79 Å². The van der Waals surface area contributed by atoms with Crippen molar-refractivity contribution in [1.29, 1.82) is 0 Å². The number of ketones is 1. The van der Waals surface area contributed by atoms with E-state index >= 15 is 0 Å². The fraction of sp³-hybridized carbons (Fsp3) is 0.619. The monoisotopic (exact) mass is 352 g/mol. The molecule has 3 nitrogen and oxygen atoms in total. The number of hydrogen-bond donors (Lipinski definition) is 1. The average Bonchev–Trinajstić information content (AvgIpc) is 3.45. The first kappa shape index (κ1) is 14.7. The number of Topliss-reactive ketones (excluding diaryl/α,β-unsaturated/α-hetero) is 1. The van der Waals surface area contributed by atoms with Gasteiger partial charge in [0, 0.05) is 18.0 Å². The van der Waals surface area contributed by atoms with E-state index in [0.29, 0.717) is 23.5 Å². The molecule has 1 spiro atoms. The Morgan fingerprint density at radius 2 is 2.16 bits per heavy atom. The molecule has 1 N–H and O–H groups in total. The summed E-state index contributed by atoms with van der Waals surface area (Å²) >= 11 is 1.71. The molecule has 1 aromatic carbocycles. The quantitative estimate of drug-likeness (QED) is 0.857. The van der Waals surface area contributed by atoms with E-state index in [1.165, 1.54) is 29.5 Å². The van der Waals surface area contributed by atoms with Gasteiger partial charge in [0.15, 0.2) is 10.9 Å². The number of carbonyl (C=O) groups excluding carboxylic acids is 1. The number of fused-ring (bicyclic) bond motifs is 5. The lowest BCUT2D eigenvalue weighted by atomic mass is 9.63.